The van der Waals surface area contributed by atoms with Crippen LogP contribution >= 0.6 is 0 Å². The number of anilines is 1. The molecule has 0 unspecified atom stereocenters. The number of aliphatic hydroxyl groups excluding tert-OH is 1. The second-order valence-electron chi connectivity index (χ2n) is 5.31. The lowest BCUT2D eigenvalue weighted by Gasteiger charge is -2.28. The Kier molecular flexibility index (Phi) is 4.53. The number of nitrogens with zero attached hydrogens (tertiary/aromatic N) is 3. The molecule has 4 heteroatoms. The molecule has 0 amide bonds. The summed E-state index contributed by atoms with van der Waals surface area (Å²) in [6.07, 6.45) is 8.47. The van der Waals surface area contributed by atoms with Gasteiger partial charge < -0.3 is 10.0 Å². The molecular weight excluding hydrogens is 226 g/mol. The smallest absolute Gasteiger partial charge is 0.137 e. The van der Waals surface area contributed by atoms with Crippen LogP contribution in [0.5, 0.6) is 0 Å². The lowest BCUT2D eigenvalue weighted by atomic mass is 9.89. The maximum Gasteiger partial charge on any atom is 0.137 e. The molecule has 4 nitrogen and oxygen atoms in total. The van der Waals surface area contributed by atoms with Crippen molar-refractivity contribution in [3.05, 3.63) is 17.6 Å². The molecule has 0 aromatic carbocycles. The lowest BCUT2D eigenvalue weighted by molar-refractivity contribution is 0.280. The maximum atomic E-state index is 9.36. The number of aromatic nitrogens is 2. The second-order valence-corrected chi connectivity index (χ2v) is 5.31. The molecule has 100 valence electrons. The zero-order chi connectivity index (χ0) is 13.0. The summed E-state index contributed by atoms with van der Waals surface area (Å²) in [4.78, 5) is 10.8. The predicted octanol–water partition coefficient (Wildman–Crippen LogP) is 2.29. The fourth-order valence-electron chi connectivity index (χ4n) is 2.77. The van der Waals surface area contributed by atoms with Gasteiger partial charge in [-0.05, 0) is 25.7 Å². The normalized spacial score (nSPS) is 16.8. The summed E-state index contributed by atoms with van der Waals surface area (Å²) in [7, 11) is 2.07. The van der Waals surface area contributed by atoms with Crippen LogP contribution in [0.3, 0.4) is 0 Å². The zero-order valence-corrected chi connectivity index (χ0v) is 11.4. The second kappa shape index (κ2) is 6.14. The Labute approximate surface area is 109 Å². The highest BCUT2D eigenvalue weighted by molar-refractivity contribution is 5.45. The van der Waals surface area contributed by atoms with Gasteiger partial charge in [0.05, 0.1) is 6.61 Å². The molecule has 1 aromatic heterocycles. The molecule has 2 rings (SSSR count). The topological polar surface area (TPSA) is 49.3 Å². The van der Waals surface area contributed by atoms with Crippen LogP contribution in [0.4, 0.5) is 5.82 Å². The summed E-state index contributed by atoms with van der Waals surface area (Å²) >= 11 is 0. The molecule has 0 spiro atoms. The Morgan fingerprint density at radius 2 is 2.06 bits per heavy atom. The lowest BCUT2D eigenvalue weighted by Crippen LogP contribution is -2.28. The molecule has 18 heavy (non-hydrogen) atoms. The van der Waals surface area contributed by atoms with Crippen LogP contribution in [-0.2, 0) is 6.61 Å². The Balaban J connectivity index is 2.07. The van der Waals surface area contributed by atoms with E-state index in [-0.39, 0.29) is 6.61 Å². The summed E-state index contributed by atoms with van der Waals surface area (Å²) in [6, 6.07) is 0. The molecule has 1 aliphatic carbocycles. The van der Waals surface area contributed by atoms with Gasteiger partial charge in [0.1, 0.15) is 11.6 Å². The minimum atomic E-state index is 0.00458. The van der Waals surface area contributed by atoms with Crippen LogP contribution in [0, 0.1) is 12.8 Å². The van der Waals surface area contributed by atoms with Crippen molar-refractivity contribution in [2.75, 3.05) is 18.5 Å². The molecule has 1 heterocycles. The van der Waals surface area contributed by atoms with Crippen LogP contribution in [0.25, 0.3) is 0 Å². The molecule has 1 N–H and O–H groups in total. The standard InChI is InChI=1S/C14H23N3O/c1-11-15-8-13(10-18)14(16-11)17(2)9-12-6-4-3-5-7-12/h8,12,18H,3-7,9-10H2,1-2H3. The summed E-state index contributed by atoms with van der Waals surface area (Å²) in [5, 5.41) is 9.36. The third-order valence-electron chi connectivity index (χ3n) is 3.75. The Morgan fingerprint density at radius 3 is 2.72 bits per heavy atom. The fourth-order valence-corrected chi connectivity index (χ4v) is 2.77. The van der Waals surface area contributed by atoms with Gasteiger partial charge in [-0.15, -0.1) is 0 Å². The van der Waals surface area contributed by atoms with E-state index in [1.807, 2.05) is 6.92 Å². The van der Waals surface area contributed by atoms with E-state index >= 15 is 0 Å². The van der Waals surface area contributed by atoms with Crippen LogP contribution in [-0.4, -0.2) is 28.7 Å². The van der Waals surface area contributed by atoms with Crippen molar-refractivity contribution >= 4 is 5.82 Å². The van der Waals surface area contributed by atoms with E-state index < -0.39 is 0 Å². The number of aliphatic hydroxyl groups is 1. The average Bonchev–Trinajstić information content (AvgIpc) is 2.40. The van der Waals surface area contributed by atoms with Gasteiger partial charge >= 0.3 is 0 Å². The fraction of sp³-hybridized carbons (Fsp3) is 0.714. The zero-order valence-electron chi connectivity index (χ0n) is 11.4. The van der Waals surface area contributed by atoms with Crippen molar-refractivity contribution in [2.24, 2.45) is 5.92 Å². The third-order valence-corrected chi connectivity index (χ3v) is 3.75. The number of hydrogen-bond acceptors (Lipinski definition) is 4. The first kappa shape index (κ1) is 13.3. The molecule has 0 saturated heterocycles. The van der Waals surface area contributed by atoms with Gasteiger partial charge in [0.25, 0.3) is 0 Å². The summed E-state index contributed by atoms with van der Waals surface area (Å²) < 4.78 is 0. The van der Waals surface area contributed by atoms with Gasteiger partial charge in [-0.25, -0.2) is 9.97 Å². The van der Waals surface area contributed by atoms with E-state index in [1.165, 1.54) is 32.1 Å². The Morgan fingerprint density at radius 1 is 1.33 bits per heavy atom. The van der Waals surface area contributed by atoms with E-state index in [0.717, 1.165) is 29.7 Å². The Bertz CT molecular complexity index is 389. The minimum Gasteiger partial charge on any atom is -0.391 e. The highest BCUT2D eigenvalue weighted by atomic mass is 16.3. The number of hydrogen-bond donors (Lipinski definition) is 1. The van der Waals surface area contributed by atoms with E-state index in [2.05, 4.69) is 21.9 Å². The highest BCUT2D eigenvalue weighted by Gasteiger charge is 2.18. The molecule has 1 fully saturated rings. The first-order chi connectivity index (χ1) is 8.70. The van der Waals surface area contributed by atoms with Crippen LogP contribution in [0.15, 0.2) is 6.20 Å². The molecule has 1 saturated carbocycles. The molecule has 0 radical (unpaired) electrons. The minimum absolute atomic E-state index is 0.00458. The molecule has 1 aromatic rings. The number of rotatable bonds is 4. The van der Waals surface area contributed by atoms with Gasteiger partial charge in [0, 0.05) is 25.4 Å². The van der Waals surface area contributed by atoms with Gasteiger partial charge in [-0.2, -0.15) is 0 Å². The average molecular weight is 249 g/mol. The van der Waals surface area contributed by atoms with Gasteiger partial charge in [0.15, 0.2) is 0 Å². The van der Waals surface area contributed by atoms with Crippen molar-refractivity contribution < 1.29 is 5.11 Å². The van der Waals surface area contributed by atoms with Gasteiger partial charge in [-0.3, -0.25) is 0 Å². The molecule has 0 atom stereocenters. The van der Waals surface area contributed by atoms with E-state index in [9.17, 15) is 5.11 Å². The van der Waals surface area contributed by atoms with Crippen LogP contribution in [0.1, 0.15) is 43.5 Å². The van der Waals surface area contributed by atoms with Gasteiger partial charge in [0.2, 0.25) is 0 Å². The van der Waals surface area contributed by atoms with Crippen molar-refractivity contribution in [1.82, 2.24) is 9.97 Å². The SMILES string of the molecule is Cc1ncc(CO)c(N(C)CC2CCCCC2)n1. The van der Waals surface area contributed by atoms with Crippen molar-refractivity contribution in [1.29, 1.82) is 0 Å². The maximum absolute atomic E-state index is 9.36. The highest BCUT2D eigenvalue weighted by Crippen LogP contribution is 2.26. The third kappa shape index (κ3) is 3.19. The Hall–Kier alpha value is -1.16. The summed E-state index contributed by atoms with van der Waals surface area (Å²) in [6.45, 7) is 2.92. The quantitative estimate of drug-likeness (QED) is 0.889. The molecule has 0 bridgehead atoms. The van der Waals surface area contributed by atoms with E-state index in [1.54, 1.807) is 6.20 Å². The first-order valence-electron chi connectivity index (χ1n) is 6.85. The van der Waals surface area contributed by atoms with Gasteiger partial charge in [-0.1, -0.05) is 19.3 Å². The van der Waals surface area contributed by atoms with Crippen molar-refractivity contribution in [2.45, 2.75) is 45.6 Å². The van der Waals surface area contributed by atoms with Crippen LogP contribution < -0.4 is 4.90 Å². The van der Waals surface area contributed by atoms with Crippen LogP contribution in [0.2, 0.25) is 0 Å². The van der Waals surface area contributed by atoms with Crippen molar-refractivity contribution in [3.8, 4) is 0 Å². The van der Waals surface area contributed by atoms with E-state index in [4.69, 9.17) is 0 Å². The largest absolute Gasteiger partial charge is 0.391 e. The summed E-state index contributed by atoms with van der Waals surface area (Å²) in [5.74, 6) is 2.42. The van der Waals surface area contributed by atoms with Crippen molar-refractivity contribution in [3.63, 3.8) is 0 Å². The molecule has 1 aliphatic rings. The number of aryl methyl sites for hydroxylation is 1. The van der Waals surface area contributed by atoms with E-state index in [0.29, 0.717) is 0 Å². The predicted molar refractivity (Wildman–Crippen MR) is 72.5 cm³/mol. The monoisotopic (exact) mass is 249 g/mol. The molecule has 0 aliphatic heterocycles. The molecular formula is C14H23N3O. The first-order valence-corrected chi connectivity index (χ1v) is 6.85. The summed E-state index contributed by atoms with van der Waals surface area (Å²) in [5.41, 5.74) is 0.818.